The number of amides is 1. The van der Waals surface area contributed by atoms with Crippen LogP contribution in [0.5, 0.6) is 0 Å². The molecule has 6 nitrogen and oxygen atoms in total. The van der Waals surface area contributed by atoms with Crippen molar-refractivity contribution in [1.82, 2.24) is 4.90 Å². The van der Waals surface area contributed by atoms with E-state index in [9.17, 15) is 18.8 Å². The van der Waals surface area contributed by atoms with Gasteiger partial charge in [0.1, 0.15) is 5.82 Å². The minimum absolute atomic E-state index is 0.0984. The van der Waals surface area contributed by atoms with Crippen LogP contribution in [0.25, 0.3) is 0 Å². The Morgan fingerprint density at radius 3 is 1.80 bits per heavy atom. The van der Waals surface area contributed by atoms with E-state index in [1.165, 1.54) is 12.1 Å². The lowest BCUT2D eigenvalue weighted by Crippen LogP contribution is -2.34. The third-order valence-corrected chi connectivity index (χ3v) is 2.57. The molecule has 1 aromatic carbocycles. The molecule has 0 atom stereocenters. The summed E-state index contributed by atoms with van der Waals surface area (Å²) in [7, 11) is 0. The fraction of sp³-hybridized carbons (Fsp3) is 0.308. The van der Waals surface area contributed by atoms with Gasteiger partial charge in [0, 0.05) is 18.7 Å². The van der Waals surface area contributed by atoms with Crippen molar-refractivity contribution in [2.24, 2.45) is 0 Å². The second kappa shape index (κ2) is 7.22. The molecule has 0 aliphatic carbocycles. The Kier molecular flexibility index (Phi) is 5.64. The van der Waals surface area contributed by atoms with Crippen LogP contribution < -0.4 is 0 Å². The number of carbonyl (C=O) groups is 3. The highest BCUT2D eigenvalue weighted by atomic mass is 19.1. The van der Waals surface area contributed by atoms with Gasteiger partial charge in [0.25, 0.3) is 5.91 Å². The largest absolute Gasteiger partial charge is 0.481 e. The van der Waals surface area contributed by atoms with Gasteiger partial charge in [-0.05, 0) is 24.3 Å². The fourth-order valence-electron chi connectivity index (χ4n) is 1.55. The second-order valence-corrected chi connectivity index (χ2v) is 4.09. The summed E-state index contributed by atoms with van der Waals surface area (Å²) in [5.74, 6) is -3.19. The Balaban J connectivity index is 2.78. The highest BCUT2D eigenvalue weighted by Gasteiger charge is 2.17. The van der Waals surface area contributed by atoms with Crippen molar-refractivity contribution < 1.29 is 29.0 Å². The van der Waals surface area contributed by atoms with Gasteiger partial charge in [-0.25, -0.2) is 4.39 Å². The summed E-state index contributed by atoms with van der Waals surface area (Å²) >= 11 is 0. The van der Waals surface area contributed by atoms with E-state index in [1.807, 2.05) is 0 Å². The average Bonchev–Trinajstić information content (AvgIpc) is 2.38. The highest BCUT2D eigenvalue weighted by Crippen LogP contribution is 2.08. The van der Waals surface area contributed by atoms with Crippen LogP contribution in [0.2, 0.25) is 0 Å². The molecule has 0 aliphatic heterocycles. The fourth-order valence-corrected chi connectivity index (χ4v) is 1.55. The molecule has 0 saturated heterocycles. The molecule has 0 bridgehead atoms. The van der Waals surface area contributed by atoms with Gasteiger partial charge in [0.2, 0.25) is 0 Å². The van der Waals surface area contributed by atoms with Crippen LogP contribution in [0.4, 0.5) is 4.39 Å². The van der Waals surface area contributed by atoms with E-state index in [-0.39, 0.29) is 31.5 Å². The molecule has 1 amide bonds. The first-order valence-electron chi connectivity index (χ1n) is 5.88. The van der Waals surface area contributed by atoms with Crippen molar-refractivity contribution in [1.29, 1.82) is 0 Å². The monoisotopic (exact) mass is 283 g/mol. The number of benzene rings is 1. The van der Waals surface area contributed by atoms with E-state index in [1.54, 1.807) is 0 Å². The number of rotatable bonds is 7. The van der Waals surface area contributed by atoms with Gasteiger partial charge in [-0.15, -0.1) is 0 Å². The number of nitrogens with zero attached hydrogens (tertiary/aromatic N) is 1. The molecule has 0 aliphatic rings. The molecule has 1 rings (SSSR count). The Morgan fingerprint density at radius 2 is 1.40 bits per heavy atom. The molecule has 0 radical (unpaired) electrons. The SMILES string of the molecule is O=C(O)CCN(CCC(=O)O)C(=O)c1ccc(F)cc1. The molecule has 0 heterocycles. The van der Waals surface area contributed by atoms with Crippen molar-refractivity contribution in [2.45, 2.75) is 12.8 Å². The highest BCUT2D eigenvalue weighted by molar-refractivity contribution is 5.94. The summed E-state index contributed by atoms with van der Waals surface area (Å²) in [5.41, 5.74) is 0.183. The van der Waals surface area contributed by atoms with Crippen LogP contribution in [-0.2, 0) is 9.59 Å². The van der Waals surface area contributed by atoms with Gasteiger partial charge in [0.05, 0.1) is 12.8 Å². The lowest BCUT2D eigenvalue weighted by atomic mass is 10.2. The van der Waals surface area contributed by atoms with Crippen molar-refractivity contribution in [3.8, 4) is 0 Å². The van der Waals surface area contributed by atoms with Crippen molar-refractivity contribution in [3.63, 3.8) is 0 Å². The number of aliphatic carboxylic acids is 2. The van der Waals surface area contributed by atoms with Gasteiger partial charge in [0.15, 0.2) is 0 Å². The third-order valence-electron chi connectivity index (χ3n) is 2.57. The normalized spacial score (nSPS) is 10.1. The number of carboxylic acids is 2. The predicted molar refractivity (Wildman–Crippen MR) is 66.8 cm³/mol. The van der Waals surface area contributed by atoms with Crippen LogP contribution in [0.1, 0.15) is 23.2 Å². The molecule has 108 valence electrons. The Labute approximate surface area is 114 Å². The molecular weight excluding hydrogens is 269 g/mol. The molecule has 1 aromatic rings. The standard InChI is InChI=1S/C13H14FNO5/c14-10-3-1-9(2-4-10)13(20)15(7-5-11(16)17)8-6-12(18)19/h1-4H,5-8H2,(H,16,17)(H,18,19). The zero-order valence-corrected chi connectivity index (χ0v) is 10.6. The molecule has 2 N–H and O–H groups in total. The second-order valence-electron chi connectivity index (χ2n) is 4.09. The number of hydrogen-bond donors (Lipinski definition) is 2. The van der Waals surface area contributed by atoms with E-state index in [0.717, 1.165) is 17.0 Å². The maximum Gasteiger partial charge on any atom is 0.305 e. The zero-order valence-electron chi connectivity index (χ0n) is 10.6. The Morgan fingerprint density at radius 1 is 0.950 bits per heavy atom. The minimum Gasteiger partial charge on any atom is -0.481 e. The van der Waals surface area contributed by atoms with Gasteiger partial charge < -0.3 is 15.1 Å². The van der Waals surface area contributed by atoms with E-state index < -0.39 is 23.7 Å². The van der Waals surface area contributed by atoms with Crippen molar-refractivity contribution >= 4 is 17.8 Å². The molecule has 0 aromatic heterocycles. The molecule has 0 saturated carbocycles. The van der Waals surface area contributed by atoms with E-state index >= 15 is 0 Å². The molecule has 7 heteroatoms. The lowest BCUT2D eigenvalue weighted by Gasteiger charge is -2.21. The maximum atomic E-state index is 12.8. The van der Waals surface area contributed by atoms with Crippen LogP contribution in [-0.4, -0.2) is 46.0 Å². The summed E-state index contributed by atoms with van der Waals surface area (Å²) in [6.07, 6.45) is -0.570. The van der Waals surface area contributed by atoms with Gasteiger partial charge >= 0.3 is 11.9 Å². The zero-order chi connectivity index (χ0) is 15.1. The summed E-state index contributed by atoms with van der Waals surface area (Å²) in [4.78, 5) is 34.3. The summed E-state index contributed by atoms with van der Waals surface area (Å²) in [5, 5.41) is 17.2. The first kappa shape index (κ1) is 15.6. The summed E-state index contributed by atoms with van der Waals surface area (Å²) in [6.45, 7) is -0.197. The van der Waals surface area contributed by atoms with Crippen molar-refractivity contribution in [3.05, 3.63) is 35.6 Å². The molecule has 0 spiro atoms. The molecule has 20 heavy (non-hydrogen) atoms. The summed E-state index contributed by atoms with van der Waals surface area (Å²) < 4.78 is 12.8. The Hall–Kier alpha value is -2.44. The maximum absolute atomic E-state index is 12.8. The quantitative estimate of drug-likeness (QED) is 0.784. The lowest BCUT2D eigenvalue weighted by molar-refractivity contribution is -0.137. The van der Waals surface area contributed by atoms with E-state index in [0.29, 0.717) is 0 Å². The molecule has 0 unspecified atom stereocenters. The smallest absolute Gasteiger partial charge is 0.305 e. The Bertz CT molecular complexity index is 482. The first-order chi connectivity index (χ1) is 9.40. The van der Waals surface area contributed by atoms with Crippen molar-refractivity contribution in [2.75, 3.05) is 13.1 Å². The van der Waals surface area contributed by atoms with E-state index in [2.05, 4.69) is 0 Å². The number of carboxylic acid groups (broad SMARTS) is 2. The topological polar surface area (TPSA) is 94.9 Å². The van der Waals surface area contributed by atoms with Crippen LogP contribution >= 0.6 is 0 Å². The minimum atomic E-state index is -1.09. The number of halogens is 1. The number of carbonyl (C=O) groups excluding carboxylic acids is 1. The predicted octanol–water partition coefficient (Wildman–Crippen LogP) is 1.22. The summed E-state index contributed by atoms with van der Waals surface area (Å²) in [6, 6.07) is 4.76. The molecule has 0 fully saturated rings. The van der Waals surface area contributed by atoms with Crippen LogP contribution in [0, 0.1) is 5.82 Å². The van der Waals surface area contributed by atoms with Gasteiger partial charge in [-0.2, -0.15) is 0 Å². The number of hydrogen-bond acceptors (Lipinski definition) is 3. The van der Waals surface area contributed by atoms with Crippen LogP contribution in [0.15, 0.2) is 24.3 Å². The van der Waals surface area contributed by atoms with E-state index in [4.69, 9.17) is 10.2 Å². The van der Waals surface area contributed by atoms with Gasteiger partial charge in [-0.3, -0.25) is 14.4 Å². The average molecular weight is 283 g/mol. The third kappa shape index (κ3) is 5.05. The van der Waals surface area contributed by atoms with Gasteiger partial charge in [-0.1, -0.05) is 0 Å². The first-order valence-corrected chi connectivity index (χ1v) is 5.88. The molecular formula is C13H14FNO5. The van der Waals surface area contributed by atoms with Crippen LogP contribution in [0.3, 0.4) is 0 Å².